The number of tetrazole rings is 1. The van der Waals surface area contributed by atoms with E-state index in [1.54, 1.807) is 47.6 Å². The van der Waals surface area contributed by atoms with E-state index in [0.717, 1.165) is 5.69 Å². The number of hydrogen-bond acceptors (Lipinski definition) is 8. The Kier molecular flexibility index (Phi) is 5.54. The molecule has 0 saturated carbocycles. The second kappa shape index (κ2) is 8.41. The summed E-state index contributed by atoms with van der Waals surface area (Å²) in [7, 11) is 0. The van der Waals surface area contributed by atoms with Gasteiger partial charge >= 0.3 is 0 Å². The lowest BCUT2D eigenvalue weighted by molar-refractivity contribution is 0.0925. The van der Waals surface area contributed by atoms with Crippen LogP contribution in [0.25, 0.3) is 5.57 Å². The zero-order valence-corrected chi connectivity index (χ0v) is 13.6. The van der Waals surface area contributed by atoms with E-state index in [-0.39, 0.29) is 18.0 Å². The van der Waals surface area contributed by atoms with Gasteiger partial charge in [0.2, 0.25) is 5.82 Å². The number of nitriles is 1. The SMILES string of the molecule is N#CC(=CNc1ccc(OCC(O)Cn2ccnc2)cc1)c1nn[nH]n1. The number of aromatic amines is 1. The Balaban J connectivity index is 1.51. The molecule has 2 heterocycles. The Hall–Kier alpha value is -3.71. The Labute approximate surface area is 148 Å². The molecule has 0 aliphatic carbocycles. The highest BCUT2D eigenvalue weighted by molar-refractivity contribution is 5.74. The summed E-state index contributed by atoms with van der Waals surface area (Å²) in [5.74, 6) is 0.842. The van der Waals surface area contributed by atoms with Crippen LogP contribution in [-0.2, 0) is 6.54 Å². The van der Waals surface area contributed by atoms with Crippen molar-refractivity contribution in [3.63, 3.8) is 0 Å². The topological polar surface area (TPSA) is 138 Å². The van der Waals surface area contributed by atoms with Gasteiger partial charge in [0, 0.05) is 24.3 Å². The first-order valence-electron chi connectivity index (χ1n) is 7.72. The van der Waals surface area contributed by atoms with Gasteiger partial charge in [-0.05, 0) is 29.5 Å². The van der Waals surface area contributed by atoms with Crippen LogP contribution in [0.5, 0.6) is 5.75 Å². The average Bonchev–Trinajstić information content (AvgIpc) is 3.36. The zero-order valence-electron chi connectivity index (χ0n) is 13.6. The summed E-state index contributed by atoms with van der Waals surface area (Å²) in [4.78, 5) is 3.92. The van der Waals surface area contributed by atoms with Gasteiger partial charge < -0.3 is 19.7 Å². The van der Waals surface area contributed by atoms with Crippen LogP contribution < -0.4 is 10.1 Å². The number of benzene rings is 1. The molecule has 132 valence electrons. The number of aromatic nitrogens is 6. The van der Waals surface area contributed by atoms with Crippen LogP contribution in [0.2, 0.25) is 0 Å². The molecule has 0 spiro atoms. The summed E-state index contributed by atoms with van der Waals surface area (Å²) >= 11 is 0. The third-order valence-corrected chi connectivity index (χ3v) is 3.37. The fourth-order valence-electron chi connectivity index (χ4n) is 2.11. The van der Waals surface area contributed by atoms with Crippen molar-refractivity contribution in [3.8, 4) is 11.8 Å². The highest BCUT2D eigenvalue weighted by atomic mass is 16.5. The maximum atomic E-state index is 9.96. The Morgan fingerprint density at radius 2 is 2.27 bits per heavy atom. The first-order chi connectivity index (χ1) is 12.7. The maximum absolute atomic E-state index is 9.96. The standard InChI is InChI=1S/C16H16N8O2/c17-7-12(16-20-22-23-21-16)8-19-13-1-3-15(4-2-13)26-10-14(25)9-24-6-5-18-11-24/h1-6,8,11,14,19,25H,9-10H2,(H,20,21,22,23). The van der Waals surface area contributed by atoms with E-state index in [0.29, 0.717) is 12.3 Å². The van der Waals surface area contributed by atoms with Crippen molar-refractivity contribution in [2.45, 2.75) is 12.6 Å². The first-order valence-corrected chi connectivity index (χ1v) is 7.72. The van der Waals surface area contributed by atoms with Gasteiger partial charge in [0.1, 0.15) is 30.1 Å². The lowest BCUT2D eigenvalue weighted by Gasteiger charge is -2.13. The molecule has 0 aliphatic heterocycles. The summed E-state index contributed by atoms with van der Waals surface area (Å²) in [6.45, 7) is 0.582. The predicted molar refractivity (Wildman–Crippen MR) is 91.6 cm³/mol. The van der Waals surface area contributed by atoms with Crippen molar-refractivity contribution in [2.75, 3.05) is 11.9 Å². The van der Waals surface area contributed by atoms with Gasteiger partial charge in [0.15, 0.2) is 0 Å². The van der Waals surface area contributed by atoms with Gasteiger partial charge in [-0.2, -0.15) is 10.5 Å². The lowest BCUT2D eigenvalue weighted by Crippen LogP contribution is -2.22. The molecular formula is C16H16N8O2. The minimum atomic E-state index is -0.641. The number of H-pyrrole nitrogens is 1. The molecule has 0 saturated heterocycles. The molecule has 0 fully saturated rings. The van der Waals surface area contributed by atoms with Crippen molar-refractivity contribution >= 4 is 11.3 Å². The van der Waals surface area contributed by atoms with Crippen LogP contribution in [-0.4, -0.2) is 48.0 Å². The maximum Gasteiger partial charge on any atom is 0.216 e. The number of imidazole rings is 1. The number of nitrogens with one attached hydrogen (secondary N) is 2. The molecule has 10 nitrogen and oxygen atoms in total. The second-order valence-electron chi connectivity index (χ2n) is 5.30. The Morgan fingerprint density at radius 1 is 1.42 bits per heavy atom. The van der Waals surface area contributed by atoms with E-state index in [1.807, 2.05) is 6.07 Å². The third-order valence-electron chi connectivity index (χ3n) is 3.37. The predicted octanol–water partition coefficient (Wildman–Crippen LogP) is 0.813. The molecule has 10 heteroatoms. The largest absolute Gasteiger partial charge is 0.491 e. The quantitative estimate of drug-likeness (QED) is 0.506. The van der Waals surface area contributed by atoms with Crippen LogP contribution >= 0.6 is 0 Å². The lowest BCUT2D eigenvalue weighted by atomic mass is 10.2. The molecule has 0 radical (unpaired) electrons. The smallest absolute Gasteiger partial charge is 0.216 e. The molecule has 3 rings (SSSR count). The molecule has 1 unspecified atom stereocenters. The fourth-order valence-corrected chi connectivity index (χ4v) is 2.11. The number of ether oxygens (including phenoxy) is 1. The molecule has 0 bridgehead atoms. The van der Waals surface area contributed by atoms with E-state index < -0.39 is 6.10 Å². The van der Waals surface area contributed by atoms with Crippen LogP contribution in [0.3, 0.4) is 0 Å². The minimum Gasteiger partial charge on any atom is -0.491 e. The Bertz CT molecular complexity index is 866. The summed E-state index contributed by atoms with van der Waals surface area (Å²) < 4.78 is 7.35. The molecule has 0 amide bonds. The number of hydrogen-bond donors (Lipinski definition) is 3. The molecule has 3 aromatic rings. The van der Waals surface area contributed by atoms with E-state index in [2.05, 4.69) is 30.9 Å². The first kappa shape index (κ1) is 17.1. The van der Waals surface area contributed by atoms with Crippen LogP contribution in [0, 0.1) is 11.3 Å². The third kappa shape index (κ3) is 4.65. The van der Waals surface area contributed by atoms with Gasteiger partial charge in [-0.15, -0.1) is 10.2 Å². The van der Waals surface area contributed by atoms with Crippen molar-refractivity contribution in [1.29, 1.82) is 5.26 Å². The van der Waals surface area contributed by atoms with E-state index in [9.17, 15) is 5.11 Å². The number of aliphatic hydroxyl groups excluding tert-OH is 1. The van der Waals surface area contributed by atoms with E-state index in [1.165, 1.54) is 6.20 Å². The molecule has 3 N–H and O–H groups in total. The number of allylic oxidation sites excluding steroid dienone is 1. The molecule has 1 aromatic carbocycles. The minimum absolute atomic E-state index is 0.168. The van der Waals surface area contributed by atoms with Crippen molar-refractivity contribution in [1.82, 2.24) is 30.2 Å². The number of nitrogens with zero attached hydrogens (tertiary/aromatic N) is 6. The van der Waals surface area contributed by atoms with Crippen LogP contribution in [0.1, 0.15) is 5.82 Å². The average molecular weight is 352 g/mol. The van der Waals surface area contributed by atoms with Gasteiger partial charge in [-0.3, -0.25) is 0 Å². The molecule has 0 aliphatic rings. The summed E-state index contributed by atoms with van der Waals surface area (Å²) in [5, 5.41) is 35.3. The van der Waals surface area contributed by atoms with Gasteiger partial charge in [0.25, 0.3) is 0 Å². The molecule has 2 aromatic heterocycles. The molecular weight excluding hydrogens is 336 g/mol. The van der Waals surface area contributed by atoms with Gasteiger partial charge in [-0.1, -0.05) is 0 Å². The van der Waals surface area contributed by atoms with Crippen molar-refractivity contribution in [2.24, 2.45) is 0 Å². The van der Waals surface area contributed by atoms with Crippen molar-refractivity contribution in [3.05, 3.63) is 55.0 Å². The van der Waals surface area contributed by atoms with E-state index >= 15 is 0 Å². The van der Waals surface area contributed by atoms with Crippen LogP contribution in [0.4, 0.5) is 5.69 Å². The number of aliphatic hydroxyl groups is 1. The second-order valence-corrected chi connectivity index (χ2v) is 5.30. The highest BCUT2D eigenvalue weighted by Gasteiger charge is 2.07. The Morgan fingerprint density at radius 3 is 2.92 bits per heavy atom. The monoisotopic (exact) mass is 352 g/mol. The summed E-state index contributed by atoms with van der Waals surface area (Å²) in [6, 6.07) is 9.10. The molecule has 1 atom stereocenters. The van der Waals surface area contributed by atoms with Crippen LogP contribution in [0.15, 0.2) is 49.2 Å². The fraction of sp³-hybridized carbons (Fsp3) is 0.188. The number of anilines is 1. The van der Waals surface area contributed by atoms with Gasteiger partial charge in [0.05, 0.1) is 12.9 Å². The van der Waals surface area contributed by atoms with Crippen molar-refractivity contribution < 1.29 is 9.84 Å². The molecule has 26 heavy (non-hydrogen) atoms. The highest BCUT2D eigenvalue weighted by Crippen LogP contribution is 2.17. The normalized spacial score (nSPS) is 12.4. The van der Waals surface area contributed by atoms with Gasteiger partial charge in [-0.25, -0.2) is 4.98 Å². The summed E-state index contributed by atoms with van der Waals surface area (Å²) in [6.07, 6.45) is 5.93. The summed E-state index contributed by atoms with van der Waals surface area (Å²) in [5.41, 5.74) is 1.01. The van der Waals surface area contributed by atoms with E-state index in [4.69, 9.17) is 10.00 Å². The zero-order chi connectivity index (χ0) is 18.2. The number of rotatable bonds is 8.